The van der Waals surface area contributed by atoms with Crippen LogP contribution in [0.5, 0.6) is 0 Å². The average molecular weight is 258 g/mol. The average Bonchev–Trinajstić information content (AvgIpc) is 2.97. The quantitative estimate of drug-likeness (QED) is 0.663. The molecule has 6 unspecified atom stereocenters. The molecule has 3 rings (SSSR count). The van der Waals surface area contributed by atoms with Gasteiger partial charge >= 0.3 is 0 Å². The van der Waals surface area contributed by atoms with E-state index < -0.39 is 53.3 Å². The van der Waals surface area contributed by atoms with Crippen LogP contribution in [0.1, 0.15) is 13.8 Å². The molecule has 0 aromatic rings. The van der Waals surface area contributed by atoms with Crippen LogP contribution in [0.3, 0.4) is 0 Å². The van der Waals surface area contributed by atoms with E-state index in [2.05, 4.69) is 0 Å². The molecule has 98 valence electrons. The van der Waals surface area contributed by atoms with Gasteiger partial charge in [0.25, 0.3) is 17.8 Å². The molecule has 3 aliphatic rings. The van der Waals surface area contributed by atoms with E-state index in [-0.39, 0.29) is 0 Å². The molecule has 0 nitrogen and oxygen atoms in total. The van der Waals surface area contributed by atoms with Crippen molar-refractivity contribution in [3.63, 3.8) is 0 Å². The standard InChI is InChI=1S/C11H12F6/c1-3-5(9(3,12)13)7-8(11(7,16)17)6-4(2)10(6,14)15/h3-8H,1-2H3. The lowest BCUT2D eigenvalue weighted by Crippen LogP contribution is -2.01. The summed E-state index contributed by atoms with van der Waals surface area (Å²) >= 11 is 0. The molecule has 0 aromatic heterocycles. The number of alkyl halides is 6. The molecule has 17 heavy (non-hydrogen) atoms. The van der Waals surface area contributed by atoms with E-state index in [9.17, 15) is 26.3 Å². The maximum atomic E-state index is 13.4. The second-order valence-electron chi connectivity index (χ2n) is 5.70. The molecule has 0 saturated heterocycles. The van der Waals surface area contributed by atoms with E-state index in [4.69, 9.17) is 0 Å². The highest BCUT2D eigenvalue weighted by molar-refractivity contribution is 5.26. The van der Waals surface area contributed by atoms with Gasteiger partial charge in [-0.3, -0.25) is 0 Å². The Kier molecular flexibility index (Phi) is 1.79. The molecular weight excluding hydrogens is 246 g/mol. The molecular formula is C11H12F6. The molecule has 3 fully saturated rings. The first-order chi connectivity index (χ1) is 7.55. The van der Waals surface area contributed by atoms with Crippen LogP contribution in [0.25, 0.3) is 0 Å². The summed E-state index contributed by atoms with van der Waals surface area (Å²) in [5.41, 5.74) is 0. The monoisotopic (exact) mass is 258 g/mol. The summed E-state index contributed by atoms with van der Waals surface area (Å²) in [6.07, 6.45) is 0. The van der Waals surface area contributed by atoms with E-state index in [0.717, 1.165) is 0 Å². The van der Waals surface area contributed by atoms with Crippen LogP contribution in [-0.4, -0.2) is 17.8 Å². The van der Waals surface area contributed by atoms with Gasteiger partial charge in [-0.1, -0.05) is 13.8 Å². The molecule has 6 heteroatoms. The zero-order valence-corrected chi connectivity index (χ0v) is 9.23. The lowest BCUT2D eigenvalue weighted by atomic mass is 10.1. The maximum Gasteiger partial charge on any atom is 0.255 e. The van der Waals surface area contributed by atoms with Gasteiger partial charge in [-0.2, -0.15) is 0 Å². The molecule has 6 atom stereocenters. The van der Waals surface area contributed by atoms with E-state index >= 15 is 0 Å². The fourth-order valence-electron chi connectivity index (χ4n) is 3.42. The van der Waals surface area contributed by atoms with E-state index in [1.165, 1.54) is 13.8 Å². The second kappa shape index (κ2) is 2.62. The normalized spacial score (nSPS) is 56.5. The van der Waals surface area contributed by atoms with Gasteiger partial charge < -0.3 is 0 Å². The Labute approximate surface area is 94.4 Å². The highest BCUT2D eigenvalue weighted by atomic mass is 19.3. The third kappa shape index (κ3) is 1.17. The molecule has 0 aromatic carbocycles. The summed E-state index contributed by atoms with van der Waals surface area (Å²) in [6, 6.07) is 0. The smallest absolute Gasteiger partial charge is 0.206 e. The van der Waals surface area contributed by atoms with Crippen LogP contribution in [0.15, 0.2) is 0 Å². The fraction of sp³-hybridized carbons (Fsp3) is 1.00. The van der Waals surface area contributed by atoms with Crippen LogP contribution >= 0.6 is 0 Å². The first kappa shape index (κ1) is 11.7. The van der Waals surface area contributed by atoms with Gasteiger partial charge in [0.05, 0.1) is 0 Å². The van der Waals surface area contributed by atoms with Crippen molar-refractivity contribution in [1.82, 2.24) is 0 Å². The summed E-state index contributed by atoms with van der Waals surface area (Å²) in [5.74, 6) is -17.7. The lowest BCUT2D eigenvalue weighted by Gasteiger charge is -1.94. The topological polar surface area (TPSA) is 0 Å². The number of hydrogen-bond donors (Lipinski definition) is 0. The molecule has 0 spiro atoms. The fourth-order valence-corrected chi connectivity index (χ4v) is 3.42. The van der Waals surface area contributed by atoms with Gasteiger partial charge in [-0.25, -0.2) is 26.3 Å². The van der Waals surface area contributed by atoms with Crippen LogP contribution in [0.4, 0.5) is 26.3 Å². The minimum Gasteiger partial charge on any atom is -0.206 e. The number of hydrogen-bond acceptors (Lipinski definition) is 0. The van der Waals surface area contributed by atoms with Gasteiger partial charge in [0.1, 0.15) is 0 Å². The van der Waals surface area contributed by atoms with Crippen molar-refractivity contribution in [2.75, 3.05) is 0 Å². The zero-order valence-electron chi connectivity index (χ0n) is 9.23. The SMILES string of the molecule is CC1C(C2C(C3C(C)C3(F)F)C2(F)F)C1(F)F. The molecule has 3 aliphatic carbocycles. The Morgan fingerprint density at radius 1 is 0.529 bits per heavy atom. The van der Waals surface area contributed by atoms with Crippen LogP contribution in [0, 0.1) is 35.5 Å². The number of rotatable bonds is 2. The van der Waals surface area contributed by atoms with Gasteiger partial charge in [0.15, 0.2) is 0 Å². The Hall–Kier alpha value is -0.420. The van der Waals surface area contributed by atoms with Crippen LogP contribution in [-0.2, 0) is 0 Å². The Balaban J connectivity index is 1.78. The molecule has 0 bridgehead atoms. The predicted molar refractivity (Wildman–Crippen MR) is 47.1 cm³/mol. The molecule has 0 aliphatic heterocycles. The van der Waals surface area contributed by atoms with Gasteiger partial charge in [-0.05, 0) is 0 Å². The number of halogens is 6. The van der Waals surface area contributed by atoms with Gasteiger partial charge in [0.2, 0.25) is 0 Å². The van der Waals surface area contributed by atoms with Crippen molar-refractivity contribution < 1.29 is 26.3 Å². The third-order valence-electron chi connectivity index (χ3n) is 4.90. The van der Waals surface area contributed by atoms with Crippen LogP contribution < -0.4 is 0 Å². The summed E-state index contributed by atoms with van der Waals surface area (Å²) in [7, 11) is 0. The van der Waals surface area contributed by atoms with Crippen molar-refractivity contribution >= 4 is 0 Å². The summed E-state index contributed by atoms with van der Waals surface area (Å²) in [6.45, 7) is 2.40. The lowest BCUT2D eigenvalue weighted by molar-refractivity contribution is 0.0436. The van der Waals surface area contributed by atoms with Crippen LogP contribution in [0.2, 0.25) is 0 Å². The molecule has 3 saturated carbocycles. The molecule has 0 N–H and O–H groups in total. The van der Waals surface area contributed by atoms with E-state index in [1.54, 1.807) is 0 Å². The van der Waals surface area contributed by atoms with Crippen molar-refractivity contribution in [2.24, 2.45) is 35.5 Å². The third-order valence-corrected chi connectivity index (χ3v) is 4.90. The summed E-state index contributed by atoms with van der Waals surface area (Å²) in [4.78, 5) is 0. The minimum absolute atomic E-state index is 1.11. The molecule has 0 radical (unpaired) electrons. The van der Waals surface area contributed by atoms with Crippen molar-refractivity contribution in [2.45, 2.75) is 31.6 Å². The summed E-state index contributed by atoms with van der Waals surface area (Å²) < 4.78 is 79.0. The maximum absolute atomic E-state index is 13.4. The highest BCUT2D eigenvalue weighted by Gasteiger charge is 2.89. The van der Waals surface area contributed by atoms with E-state index in [1.807, 2.05) is 0 Å². The minimum atomic E-state index is -3.34. The van der Waals surface area contributed by atoms with Gasteiger partial charge in [-0.15, -0.1) is 0 Å². The Morgan fingerprint density at radius 3 is 0.941 bits per heavy atom. The Morgan fingerprint density at radius 2 is 0.765 bits per heavy atom. The molecule has 0 amide bonds. The second-order valence-corrected chi connectivity index (χ2v) is 5.70. The van der Waals surface area contributed by atoms with Crippen molar-refractivity contribution in [3.05, 3.63) is 0 Å². The van der Waals surface area contributed by atoms with Crippen molar-refractivity contribution in [3.8, 4) is 0 Å². The largest absolute Gasteiger partial charge is 0.255 e. The first-order valence-electron chi connectivity index (χ1n) is 5.69. The van der Waals surface area contributed by atoms with Gasteiger partial charge in [0, 0.05) is 35.5 Å². The summed E-state index contributed by atoms with van der Waals surface area (Å²) in [5, 5.41) is 0. The highest BCUT2D eigenvalue weighted by Crippen LogP contribution is 2.79. The van der Waals surface area contributed by atoms with E-state index in [0.29, 0.717) is 0 Å². The molecule has 0 heterocycles. The first-order valence-corrected chi connectivity index (χ1v) is 5.69. The van der Waals surface area contributed by atoms with Crippen molar-refractivity contribution in [1.29, 1.82) is 0 Å². The Bertz CT molecular complexity index is 342. The zero-order chi connectivity index (χ0) is 13.0. The predicted octanol–water partition coefficient (Wildman–Crippen LogP) is 3.67.